The van der Waals surface area contributed by atoms with Crippen LogP contribution in [0.2, 0.25) is 0 Å². The van der Waals surface area contributed by atoms with Gasteiger partial charge in [-0.05, 0) is 61.4 Å². The van der Waals surface area contributed by atoms with Crippen molar-refractivity contribution in [3.05, 3.63) is 68.6 Å². The van der Waals surface area contributed by atoms with Gasteiger partial charge in [0.25, 0.3) is 11.8 Å². The van der Waals surface area contributed by atoms with Crippen molar-refractivity contribution in [3.8, 4) is 0 Å². The molecule has 0 atom stereocenters. The zero-order valence-electron chi connectivity index (χ0n) is 15.8. The third-order valence-electron chi connectivity index (χ3n) is 4.39. The van der Waals surface area contributed by atoms with Crippen LogP contribution in [0.1, 0.15) is 59.2 Å². The maximum absolute atomic E-state index is 12.0. The van der Waals surface area contributed by atoms with E-state index in [2.05, 4.69) is 42.5 Å². The normalized spacial score (nSPS) is 10.5. The Morgan fingerprint density at radius 1 is 0.571 bits per heavy atom. The summed E-state index contributed by atoms with van der Waals surface area (Å²) in [6.45, 7) is 1.41. The van der Waals surface area contributed by atoms with Gasteiger partial charge in [-0.3, -0.25) is 9.59 Å². The van der Waals surface area contributed by atoms with Gasteiger partial charge in [-0.25, -0.2) is 0 Å². The number of hydrogen-bond donors (Lipinski definition) is 2. The highest BCUT2D eigenvalue weighted by Crippen LogP contribution is 2.11. The fraction of sp³-hybridized carbons (Fsp3) is 0.364. The molecule has 2 aromatic rings. The minimum absolute atomic E-state index is 0.0194. The number of hydrogen-bond acceptors (Lipinski definition) is 2. The molecule has 0 unspecified atom stereocenters. The van der Waals surface area contributed by atoms with Gasteiger partial charge < -0.3 is 10.6 Å². The van der Waals surface area contributed by atoms with E-state index >= 15 is 0 Å². The summed E-state index contributed by atoms with van der Waals surface area (Å²) in [5, 5.41) is 5.91. The highest BCUT2D eigenvalue weighted by molar-refractivity contribution is 9.10. The average molecular weight is 510 g/mol. The second kappa shape index (κ2) is 12.7. The SMILES string of the molecule is O=C(NCCCCCCCCNC(=O)c1ccc(Br)cc1)c1ccc(Br)cc1. The Hall–Kier alpha value is -1.66. The lowest BCUT2D eigenvalue weighted by Gasteiger charge is -2.07. The van der Waals surface area contributed by atoms with Crippen molar-refractivity contribution < 1.29 is 9.59 Å². The highest BCUT2D eigenvalue weighted by atomic mass is 79.9. The summed E-state index contributed by atoms with van der Waals surface area (Å²) in [6.07, 6.45) is 6.48. The largest absolute Gasteiger partial charge is 0.352 e. The molecule has 0 bridgehead atoms. The Morgan fingerprint density at radius 3 is 1.25 bits per heavy atom. The van der Waals surface area contributed by atoms with Gasteiger partial charge in [0.2, 0.25) is 0 Å². The van der Waals surface area contributed by atoms with Crippen LogP contribution >= 0.6 is 31.9 Å². The molecule has 0 saturated heterocycles. The Kier molecular flexibility index (Phi) is 10.3. The number of unbranched alkanes of at least 4 members (excludes halogenated alkanes) is 5. The summed E-state index contributed by atoms with van der Waals surface area (Å²) in [7, 11) is 0. The number of amides is 2. The molecule has 0 aliphatic carbocycles. The first-order valence-electron chi connectivity index (χ1n) is 9.64. The second-order valence-corrected chi connectivity index (χ2v) is 8.48. The van der Waals surface area contributed by atoms with E-state index in [1.165, 1.54) is 0 Å². The molecule has 0 fully saturated rings. The molecule has 0 saturated carbocycles. The molecular weight excluding hydrogens is 484 g/mol. The second-order valence-electron chi connectivity index (χ2n) is 6.65. The zero-order valence-corrected chi connectivity index (χ0v) is 19.0. The standard InChI is InChI=1S/C22H26Br2N2O2/c23-19-11-7-17(8-12-19)21(27)25-15-5-3-1-2-4-6-16-26-22(28)18-9-13-20(24)14-10-18/h7-14H,1-6,15-16H2,(H,25,27)(H,26,28). The van der Waals surface area contributed by atoms with E-state index in [-0.39, 0.29) is 11.8 Å². The molecule has 0 spiro atoms. The fourth-order valence-electron chi connectivity index (χ4n) is 2.77. The smallest absolute Gasteiger partial charge is 0.251 e. The maximum atomic E-state index is 12.0. The first-order chi connectivity index (χ1) is 13.6. The van der Waals surface area contributed by atoms with Crippen molar-refractivity contribution in [1.29, 1.82) is 0 Å². The molecule has 4 nitrogen and oxygen atoms in total. The zero-order chi connectivity index (χ0) is 20.2. The number of rotatable bonds is 11. The topological polar surface area (TPSA) is 58.2 Å². The van der Waals surface area contributed by atoms with Crippen LogP contribution in [0, 0.1) is 0 Å². The van der Waals surface area contributed by atoms with Gasteiger partial charge in [-0.1, -0.05) is 57.5 Å². The van der Waals surface area contributed by atoms with Crippen LogP contribution in [-0.2, 0) is 0 Å². The van der Waals surface area contributed by atoms with Crippen molar-refractivity contribution in [2.24, 2.45) is 0 Å². The van der Waals surface area contributed by atoms with Crippen LogP contribution in [0.5, 0.6) is 0 Å². The lowest BCUT2D eigenvalue weighted by atomic mass is 10.1. The van der Waals surface area contributed by atoms with Crippen LogP contribution in [0.3, 0.4) is 0 Å². The molecule has 28 heavy (non-hydrogen) atoms. The Bertz CT molecular complexity index is 681. The highest BCUT2D eigenvalue weighted by Gasteiger charge is 2.05. The quantitative estimate of drug-likeness (QED) is 0.381. The Balaban J connectivity index is 1.44. The van der Waals surface area contributed by atoms with Crippen molar-refractivity contribution >= 4 is 43.7 Å². The summed E-state index contributed by atoms with van der Waals surface area (Å²) < 4.78 is 1.94. The van der Waals surface area contributed by atoms with Crippen LogP contribution in [-0.4, -0.2) is 24.9 Å². The first-order valence-corrected chi connectivity index (χ1v) is 11.2. The van der Waals surface area contributed by atoms with Gasteiger partial charge in [0.15, 0.2) is 0 Å². The van der Waals surface area contributed by atoms with Gasteiger partial charge >= 0.3 is 0 Å². The first kappa shape index (κ1) is 22.6. The Morgan fingerprint density at radius 2 is 0.893 bits per heavy atom. The summed E-state index contributed by atoms with van der Waals surface area (Å²) in [4.78, 5) is 23.9. The van der Waals surface area contributed by atoms with Gasteiger partial charge in [-0.15, -0.1) is 0 Å². The molecule has 0 radical (unpaired) electrons. The van der Waals surface area contributed by atoms with Crippen molar-refractivity contribution in [3.63, 3.8) is 0 Å². The van der Waals surface area contributed by atoms with Gasteiger partial charge in [-0.2, -0.15) is 0 Å². The Labute approximate surface area is 183 Å². The summed E-state index contributed by atoms with van der Waals surface area (Å²) in [6, 6.07) is 14.7. The van der Waals surface area contributed by atoms with E-state index in [1.54, 1.807) is 0 Å². The summed E-state index contributed by atoms with van der Waals surface area (Å²) in [5.41, 5.74) is 1.38. The molecule has 2 rings (SSSR count). The number of halogens is 2. The van der Waals surface area contributed by atoms with E-state index in [1.807, 2.05) is 48.5 Å². The van der Waals surface area contributed by atoms with E-state index in [4.69, 9.17) is 0 Å². The van der Waals surface area contributed by atoms with Gasteiger partial charge in [0.05, 0.1) is 0 Å². The minimum atomic E-state index is -0.0194. The average Bonchev–Trinajstić information content (AvgIpc) is 2.70. The van der Waals surface area contributed by atoms with Crippen molar-refractivity contribution in [2.75, 3.05) is 13.1 Å². The maximum Gasteiger partial charge on any atom is 0.251 e. The summed E-state index contributed by atoms with van der Waals surface area (Å²) in [5.74, 6) is -0.0389. The van der Waals surface area contributed by atoms with Gasteiger partial charge in [0.1, 0.15) is 0 Å². The predicted molar refractivity (Wildman–Crippen MR) is 121 cm³/mol. The number of benzene rings is 2. The van der Waals surface area contributed by atoms with Crippen molar-refractivity contribution in [1.82, 2.24) is 10.6 Å². The van der Waals surface area contributed by atoms with E-state index in [0.29, 0.717) is 24.2 Å². The van der Waals surface area contributed by atoms with Crippen LogP contribution < -0.4 is 10.6 Å². The monoisotopic (exact) mass is 508 g/mol. The van der Waals surface area contributed by atoms with E-state index < -0.39 is 0 Å². The molecule has 2 amide bonds. The van der Waals surface area contributed by atoms with Crippen molar-refractivity contribution in [2.45, 2.75) is 38.5 Å². The molecule has 0 aliphatic rings. The molecule has 0 aromatic heterocycles. The molecule has 0 aliphatic heterocycles. The van der Waals surface area contributed by atoms with Crippen LogP contribution in [0.4, 0.5) is 0 Å². The van der Waals surface area contributed by atoms with Crippen LogP contribution in [0.25, 0.3) is 0 Å². The van der Waals surface area contributed by atoms with Crippen LogP contribution in [0.15, 0.2) is 57.5 Å². The fourth-order valence-corrected chi connectivity index (χ4v) is 3.30. The number of carbonyl (C=O) groups is 2. The molecule has 6 heteroatoms. The predicted octanol–water partition coefficient (Wildman–Crippen LogP) is 5.71. The third-order valence-corrected chi connectivity index (χ3v) is 5.44. The molecule has 0 heterocycles. The third kappa shape index (κ3) is 8.57. The number of carbonyl (C=O) groups excluding carboxylic acids is 2. The van der Waals surface area contributed by atoms with E-state index in [0.717, 1.165) is 47.5 Å². The van der Waals surface area contributed by atoms with Gasteiger partial charge in [0, 0.05) is 33.2 Å². The number of nitrogens with one attached hydrogen (secondary N) is 2. The molecule has 2 N–H and O–H groups in total. The lowest BCUT2D eigenvalue weighted by Crippen LogP contribution is -2.24. The molecule has 2 aromatic carbocycles. The molecule has 150 valence electrons. The lowest BCUT2D eigenvalue weighted by molar-refractivity contribution is 0.0944. The minimum Gasteiger partial charge on any atom is -0.352 e. The summed E-state index contributed by atoms with van der Waals surface area (Å²) >= 11 is 6.73. The van der Waals surface area contributed by atoms with E-state index in [9.17, 15) is 9.59 Å². The molecular formula is C22H26Br2N2O2.